The Balaban J connectivity index is 1.60. The molecule has 1 aliphatic carbocycles. The summed E-state index contributed by atoms with van der Waals surface area (Å²) in [5, 5.41) is 3.03. The topological polar surface area (TPSA) is 72.2 Å². The normalized spacial score (nSPS) is 14.9. The summed E-state index contributed by atoms with van der Waals surface area (Å²) in [5.41, 5.74) is 7.45. The lowest BCUT2D eigenvalue weighted by molar-refractivity contribution is -0.123. The second-order valence-electron chi connectivity index (χ2n) is 6.16. The van der Waals surface area contributed by atoms with Gasteiger partial charge < -0.3 is 11.1 Å². The van der Waals surface area contributed by atoms with Crippen LogP contribution in [0.5, 0.6) is 0 Å². The third-order valence-corrected chi connectivity index (χ3v) is 4.97. The number of nitrogens with two attached hydrogens (primary N) is 1. The van der Waals surface area contributed by atoms with Crippen molar-refractivity contribution < 1.29 is 9.59 Å². The molecule has 0 unspecified atom stereocenters. The number of hydrogen-bond acceptors (Lipinski definition) is 2. The third kappa shape index (κ3) is 3.51. The molecule has 0 saturated heterocycles. The number of primary amides is 1. The number of rotatable bonds is 6. The van der Waals surface area contributed by atoms with E-state index in [1.54, 1.807) is 18.2 Å². The van der Waals surface area contributed by atoms with Crippen LogP contribution in [-0.2, 0) is 16.6 Å². The van der Waals surface area contributed by atoms with Crippen molar-refractivity contribution >= 4 is 27.7 Å². The molecule has 1 saturated carbocycles. The minimum absolute atomic E-state index is 0.0756. The average molecular weight is 387 g/mol. The minimum atomic E-state index is -0.438. The van der Waals surface area contributed by atoms with Crippen molar-refractivity contribution in [1.29, 1.82) is 0 Å². The van der Waals surface area contributed by atoms with Gasteiger partial charge >= 0.3 is 0 Å². The van der Waals surface area contributed by atoms with Gasteiger partial charge in [0.2, 0.25) is 11.8 Å². The zero-order valence-corrected chi connectivity index (χ0v) is 14.8. The van der Waals surface area contributed by atoms with Crippen LogP contribution in [0.15, 0.2) is 53.0 Å². The van der Waals surface area contributed by atoms with Crippen LogP contribution in [-0.4, -0.2) is 18.4 Å². The minimum Gasteiger partial charge on any atom is -0.366 e. The lowest BCUT2D eigenvalue weighted by atomic mass is 9.95. The summed E-state index contributed by atoms with van der Waals surface area (Å²) in [5.74, 6) is -0.362. The predicted octanol–water partition coefficient (Wildman–Crippen LogP) is 2.94. The fourth-order valence-corrected chi connectivity index (χ4v) is 3.33. The van der Waals surface area contributed by atoms with Crippen LogP contribution in [0, 0.1) is 0 Å². The van der Waals surface area contributed by atoms with E-state index in [1.807, 2.05) is 30.3 Å². The van der Waals surface area contributed by atoms with Crippen LogP contribution in [0.2, 0.25) is 0 Å². The molecule has 2 aromatic carbocycles. The highest BCUT2D eigenvalue weighted by molar-refractivity contribution is 9.10. The summed E-state index contributed by atoms with van der Waals surface area (Å²) in [6.45, 7) is 0.538. The highest BCUT2D eigenvalue weighted by atomic mass is 79.9. The van der Waals surface area contributed by atoms with Gasteiger partial charge in [0, 0.05) is 16.6 Å². The van der Waals surface area contributed by atoms with Crippen molar-refractivity contribution in [3.63, 3.8) is 0 Å². The number of nitrogens with one attached hydrogen (secondary N) is 1. The van der Waals surface area contributed by atoms with E-state index in [4.69, 9.17) is 5.73 Å². The molecular formula is C19H19BrN2O2. The molecule has 5 heteroatoms. The molecule has 0 heterocycles. The lowest BCUT2D eigenvalue weighted by Crippen LogP contribution is -2.36. The van der Waals surface area contributed by atoms with E-state index in [0.29, 0.717) is 18.5 Å². The molecule has 4 nitrogen and oxygen atoms in total. The largest absolute Gasteiger partial charge is 0.366 e. The average Bonchev–Trinajstić information content (AvgIpc) is 3.37. The van der Waals surface area contributed by atoms with Crippen molar-refractivity contribution in [3.05, 3.63) is 69.7 Å². The summed E-state index contributed by atoms with van der Waals surface area (Å²) in [7, 11) is 0. The second-order valence-corrected chi connectivity index (χ2v) is 7.08. The number of benzene rings is 2. The van der Waals surface area contributed by atoms with Crippen LogP contribution in [0.4, 0.5) is 0 Å². The highest BCUT2D eigenvalue weighted by Gasteiger charge is 2.51. The molecule has 2 aromatic rings. The Morgan fingerprint density at radius 3 is 2.54 bits per heavy atom. The van der Waals surface area contributed by atoms with Gasteiger partial charge in [0.05, 0.1) is 5.41 Å². The van der Waals surface area contributed by atoms with Gasteiger partial charge in [-0.3, -0.25) is 9.59 Å². The van der Waals surface area contributed by atoms with Crippen LogP contribution in [0.3, 0.4) is 0 Å². The van der Waals surface area contributed by atoms with Crippen LogP contribution in [0.25, 0.3) is 0 Å². The summed E-state index contributed by atoms with van der Waals surface area (Å²) < 4.78 is 0.988. The van der Waals surface area contributed by atoms with E-state index in [2.05, 4.69) is 21.2 Å². The summed E-state index contributed by atoms with van der Waals surface area (Å²) in [4.78, 5) is 23.8. The highest BCUT2D eigenvalue weighted by Crippen LogP contribution is 2.48. The molecule has 0 bridgehead atoms. The van der Waals surface area contributed by atoms with Gasteiger partial charge in [0.15, 0.2) is 0 Å². The molecule has 0 radical (unpaired) electrons. The van der Waals surface area contributed by atoms with Gasteiger partial charge in [-0.1, -0.05) is 40.2 Å². The van der Waals surface area contributed by atoms with E-state index < -0.39 is 5.91 Å². The molecule has 3 rings (SSSR count). The van der Waals surface area contributed by atoms with Gasteiger partial charge in [-0.2, -0.15) is 0 Å². The van der Waals surface area contributed by atoms with E-state index in [1.165, 1.54) is 0 Å². The molecule has 0 aromatic heterocycles. The second kappa shape index (κ2) is 6.77. The molecule has 24 heavy (non-hydrogen) atoms. The fraction of sp³-hybridized carbons (Fsp3) is 0.263. The molecule has 0 atom stereocenters. The summed E-state index contributed by atoms with van der Waals surface area (Å²) >= 11 is 3.46. The quantitative estimate of drug-likeness (QED) is 0.800. The number of amides is 2. The maximum atomic E-state index is 12.6. The van der Waals surface area contributed by atoms with Crippen molar-refractivity contribution in [2.75, 3.05) is 6.54 Å². The van der Waals surface area contributed by atoms with Crippen LogP contribution < -0.4 is 11.1 Å². The number of carbonyl (C=O) groups is 2. The zero-order valence-electron chi connectivity index (χ0n) is 13.2. The number of carbonyl (C=O) groups excluding carboxylic acids is 2. The van der Waals surface area contributed by atoms with Crippen LogP contribution in [0.1, 0.15) is 34.3 Å². The van der Waals surface area contributed by atoms with Crippen LogP contribution >= 0.6 is 15.9 Å². The molecule has 1 fully saturated rings. The van der Waals surface area contributed by atoms with E-state index in [9.17, 15) is 9.59 Å². The van der Waals surface area contributed by atoms with Gasteiger partial charge in [-0.25, -0.2) is 0 Å². The van der Waals surface area contributed by atoms with Gasteiger partial charge in [0.1, 0.15) is 0 Å². The molecule has 124 valence electrons. The first-order valence-electron chi connectivity index (χ1n) is 7.94. The van der Waals surface area contributed by atoms with Gasteiger partial charge in [0.25, 0.3) is 0 Å². The lowest BCUT2D eigenvalue weighted by Gasteiger charge is -2.16. The number of halogens is 1. The monoisotopic (exact) mass is 386 g/mol. The van der Waals surface area contributed by atoms with Gasteiger partial charge in [-0.15, -0.1) is 0 Å². The summed E-state index contributed by atoms with van der Waals surface area (Å²) in [6.07, 6.45) is 2.43. The van der Waals surface area contributed by atoms with Crippen molar-refractivity contribution in [2.45, 2.75) is 24.7 Å². The Morgan fingerprint density at radius 1 is 1.12 bits per heavy atom. The molecule has 0 spiro atoms. The molecular weight excluding hydrogens is 368 g/mol. The van der Waals surface area contributed by atoms with E-state index in [-0.39, 0.29) is 11.3 Å². The molecule has 3 N–H and O–H groups in total. The number of hydrogen-bond donors (Lipinski definition) is 2. The van der Waals surface area contributed by atoms with Crippen molar-refractivity contribution in [2.24, 2.45) is 5.73 Å². The first kappa shape index (κ1) is 16.7. The molecule has 2 amide bonds. The van der Waals surface area contributed by atoms with Crippen molar-refractivity contribution in [1.82, 2.24) is 5.32 Å². The van der Waals surface area contributed by atoms with Gasteiger partial charge in [-0.05, 0) is 54.7 Å². The summed E-state index contributed by atoms with van der Waals surface area (Å²) in [6, 6.07) is 15.1. The first-order chi connectivity index (χ1) is 11.5. The smallest absolute Gasteiger partial charge is 0.248 e. The van der Waals surface area contributed by atoms with E-state index in [0.717, 1.165) is 28.4 Å². The maximum Gasteiger partial charge on any atom is 0.248 e. The fourth-order valence-electron chi connectivity index (χ4n) is 2.93. The third-order valence-electron chi connectivity index (χ3n) is 4.47. The first-order valence-corrected chi connectivity index (χ1v) is 8.74. The molecule has 0 aliphatic heterocycles. The zero-order chi connectivity index (χ0) is 17.2. The van der Waals surface area contributed by atoms with E-state index >= 15 is 0 Å². The SMILES string of the molecule is NC(=O)c1cccc(CCNC(=O)C2(c3cccc(Br)c3)CC2)c1. The maximum absolute atomic E-state index is 12.6. The standard InChI is InChI=1S/C19H19BrN2O2/c20-16-6-2-5-15(12-16)19(8-9-19)18(24)22-10-7-13-3-1-4-14(11-13)17(21)23/h1-6,11-12H,7-10H2,(H2,21,23)(H,22,24). The Morgan fingerprint density at radius 2 is 1.88 bits per heavy atom. The predicted molar refractivity (Wildman–Crippen MR) is 96.7 cm³/mol. The Hall–Kier alpha value is -2.14. The Labute approximate surface area is 149 Å². The van der Waals surface area contributed by atoms with Crippen molar-refractivity contribution in [3.8, 4) is 0 Å². The molecule has 1 aliphatic rings. The Bertz CT molecular complexity index is 784. The Kier molecular flexibility index (Phi) is 4.71.